The predicted molar refractivity (Wildman–Crippen MR) is 154 cm³/mol. The zero-order valence-corrected chi connectivity index (χ0v) is 23.1. The maximum Gasteiger partial charge on any atom is 0.271 e. The number of sulfonamides is 1. The topological polar surface area (TPSA) is 78.8 Å². The molecule has 38 heavy (non-hydrogen) atoms. The van der Waals surface area contributed by atoms with Gasteiger partial charge in [0, 0.05) is 15.6 Å². The van der Waals surface area contributed by atoms with Crippen LogP contribution in [-0.4, -0.2) is 20.0 Å². The minimum absolute atomic E-state index is 0.0497. The van der Waals surface area contributed by atoms with Gasteiger partial charge in [-0.1, -0.05) is 71.7 Å². The summed E-state index contributed by atoms with van der Waals surface area (Å²) in [4.78, 5) is 12.8. The van der Waals surface area contributed by atoms with Crippen LogP contribution in [0.4, 0.5) is 5.69 Å². The number of anilines is 1. The molecular formula is C29H25Cl2N3O3S. The molecule has 0 aliphatic heterocycles. The molecule has 0 aliphatic carbocycles. The number of hydrazone groups is 1. The summed E-state index contributed by atoms with van der Waals surface area (Å²) in [6, 6.07) is 27.2. The second-order valence-corrected chi connectivity index (χ2v) is 11.3. The maximum absolute atomic E-state index is 13.7. The highest BCUT2D eigenvalue weighted by atomic mass is 35.5. The van der Waals surface area contributed by atoms with E-state index in [2.05, 4.69) is 10.5 Å². The number of carbonyl (C=O) groups excluding carboxylic acids is 1. The molecule has 4 rings (SSSR count). The number of hydrogen-bond acceptors (Lipinski definition) is 4. The van der Waals surface area contributed by atoms with Gasteiger partial charge >= 0.3 is 0 Å². The van der Waals surface area contributed by atoms with Crippen molar-refractivity contribution in [1.82, 2.24) is 5.43 Å². The van der Waals surface area contributed by atoms with Gasteiger partial charge in [0.2, 0.25) is 0 Å². The number of benzene rings is 4. The molecule has 0 spiro atoms. The van der Waals surface area contributed by atoms with E-state index >= 15 is 0 Å². The van der Waals surface area contributed by atoms with E-state index in [9.17, 15) is 13.2 Å². The highest BCUT2D eigenvalue weighted by Gasteiger charge is 2.26. The van der Waals surface area contributed by atoms with Crippen LogP contribution >= 0.6 is 23.2 Å². The molecule has 6 nitrogen and oxygen atoms in total. The van der Waals surface area contributed by atoms with E-state index < -0.39 is 10.0 Å². The average Bonchev–Trinajstić information content (AvgIpc) is 2.92. The zero-order chi connectivity index (χ0) is 27.3. The number of carbonyl (C=O) groups is 1. The second-order valence-electron chi connectivity index (χ2n) is 8.60. The summed E-state index contributed by atoms with van der Waals surface area (Å²) in [7, 11) is -3.90. The van der Waals surface area contributed by atoms with Gasteiger partial charge in [0.05, 0.1) is 22.8 Å². The van der Waals surface area contributed by atoms with Gasteiger partial charge in [0.25, 0.3) is 15.9 Å². The fourth-order valence-corrected chi connectivity index (χ4v) is 5.58. The number of rotatable bonds is 8. The lowest BCUT2D eigenvalue weighted by molar-refractivity contribution is 0.0955. The van der Waals surface area contributed by atoms with Crippen LogP contribution in [0.1, 0.15) is 34.0 Å². The third-order valence-electron chi connectivity index (χ3n) is 5.90. The Hall–Kier alpha value is -3.65. The summed E-state index contributed by atoms with van der Waals surface area (Å²) in [5.74, 6) is -0.385. The monoisotopic (exact) mass is 565 g/mol. The van der Waals surface area contributed by atoms with Gasteiger partial charge in [-0.3, -0.25) is 9.10 Å². The molecule has 9 heteroatoms. The highest BCUT2D eigenvalue weighted by Crippen LogP contribution is 2.31. The molecule has 0 saturated carbocycles. The van der Waals surface area contributed by atoms with E-state index in [0.717, 1.165) is 11.1 Å². The fraction of sp³-hybridized carbons (Fsp3) is 0.103. The quantitative estimate of drug-likeness (QED) is 0.187. The Morgan fingerprint density at radius 3 is 2.11 bits per heavy atom. The number of aryl methyl sites for hydroxylation is 1. The molecule has 0 atom stereocenters. The number of halogens is 2. The fourth-order valence-electron chi connectivity index (χ4n) is 3.75. The van der Waals surface area contributed by atoms with Crippen molar-refractivity contribution >= 4 is 50.5 Å². The Morgan fingerprint density at radius 2 is 1.45 bits per heavy atom. The second kappa shape index (κ2) is 11.8. The molecule has 4 aromatic carbocycles. The Bertz CT molecular complexity index is 1570. The van der Waals surface area contributed by atoms with Gasteiger partial charge in [0.1, 0.15) is 0 Å². The van der Waals surface area contributed by atoms with Crippen molar-refractivity contribution in [1.29, 1.82) is 0 Å². The van der Waals surface area contributed by atoms with Gasteiger partial charge in [-0.15, -0.1) is 0 Å². The first kappa shape index (κ1) is 27.4. The molecular weight excluding hydrogens is 541 g/mol. The summed E-state index contributed by atoms with van der Waals surface area (Å²) < 4.78 is 28.6. The first-order valence-electron chi connectivity index (χ1n) is 11.7. The van der Waals surface area contributed by atoms with E-state index in [1.54, 1.807) is 91.9 Å². The van der Waals surface area contributed by atoms with Gasteiger partial charge < -0.3 is 0 Å². The SMILES string of the molecule is C/C(=N/NC(=O)c1ccc(CN(c2cc(Cl)ccc2C)S(=O)(=O)c2ccccc2)cc1)c1ccc(Cl)cc1. The molecule has 1 amide bonds. The van der Waals surface area contributed by atoms with Gasteiger partial charge in [-0.25, -0.2) is 13.8 Å². The number of nitrogens with zero attached hydrogens (tertiary/aromatic N) is 2. The molecule has 0 fully saturated rings. The highest BCUT2D eigenvalue weighted by molar-refractivity contribution is 7.92. The van der Waals surface area contributed by atoms with Crippen LogP contribution in [0.2, 0.25) is 10.0 Å². The summed E-state index contributed by atoms with van der Waals surface area (Å²) in [5, 5.41) is 5.22. The third-order valence-corrected chi connectivity index (χ3v) is 8.16. The van der Waals surface area contributed by atoms with Gasteiger partial charge in [-0.05, 0) is 79.1 Å². The van der Waals surface area contributed by atoms with Crippen molar-refractivity contribution in [3.8, 4) is 0 Å². The van der Waals surface area contributed by atoms with Crippen LogP contribution in [0.3, 0.4) is 0 Å². The maximum atomic E-state index is 13.7. The van der Waals surface area contributed by atoms with Crippen LogP contribution < -0.4 is 9.73 Å². The lowest BCUT2D eigenvalue weighted by Gasteiger charge is -2.26. The molecule has 194 valence electrons. The lowest BCUT2D eigenvalue weighted by atomic mass is 10.1. The van der Waals surface area contributed by atoms with Crippen LogP contribution in [0.15, 0.2) is 107 Å². The molecule has 0 unspecified atom stereocenters. The van der Waals surface area contributed by atoms with Crippen molar-refractivity contribution < 1.29 is 13.2 Å². The molecule has 0 heterocycles. The van der Waals surface area contributed by atoms with Crippen LogP contribution in [0.25, 0.3) is 0 Å². The smallest absolute Gasteiger partial charge is 0.267 e. The van der Waals surface area contributed by atoms with E-state index in [4.69, 9.17) is 23.2 Å². The van der Waals surface area contributed by atoms with Gasteiger partial charge in [0.15, 0.2) is 0 Å². The molecule has 0 aliphatic rings. The number of amides is 1. The summed E-state index contributed by atoms with van der Waals surface area (Å²) in [6.07, 6.45) is 0. The van der Waals surface area contributed by atoms with Crippen LogP contribution in [-0.2, 0) is 16.6 Å². The molecule has 0 radical (unpaired) electrons. The van der Waals surface area contributed by atoms with Crippen molar-refractivity contribution in [2.24, 2.45) is 5.10 Å². The average molecular weight is 567 g/mol. The lowest BCUT2D eigenvalue weighted by Crippen LogP contribution is -2.31. The summed E-state index contributed by atoms with van der Waals surface area (Å²) >= 11 is 12.2. The van der Waals surface area contributed by atoms with Crippen molar-refractivity contribution in [3.05, 3.63) is 129 Å². The minimum atomic E-state index is -3.90. The van der Waals surface area contributed by atoms with E-state index in [1.165, 1.54) is 4.31 Å². The Labute approximate surface area is 232 Å². The molecule has 4 aromatic rings. The first-order valence-corrected chi connectivity index (χ1v) is 13.9. The first-order chi connectivity index (χ1) is 18.1. The van der Waals surface area contributed by atoms with Crippen LogP contribution in [0.5, 0.6) is 0 Å². The van der Waals surface area contributed by atoms with Crippen molar-refractivity contribution in [3.63, 3.8) is 0 Å². The molecule has 0 saturated heterocycles. The van der Waals surface area contributed by atoms with E-state index in [0.29, 0.717) is 32.6 Å². The minimum Gasteiger partial charge on any atom is -0.267 e. The summed E-state index contributed by atoms with van der Waals surface area (Å²) in [5.41, 5.74) is 6.34. The largest absolute Gasteiger partial charge is 0.271 e. The number of nitrogens with one attached hydrogen (secondary N) is 1. The van der Waals surface area contributed by atoms with Crippen molar-refractivity contribution in [2.45, 2.75) is 25.3 Å². The van der Waals surface area contributed by atoms with E-state index in [-0.39, 0.29) is 17.3 Å². The normalized spacial score (nSPS) is 11.7. The predicted octanol–water partition coefficient (Wildman–Crippen LogP) is 6.85. The summed E-state index contributed by atoms with van der Waals surface area (Å²) in [6.45, 7) is 3.67. The van der Waals surface area contributed by atoms with Gasteiger partial charge in [-0.2, -0.15) is 5.10 Å². The van der Waals surface area contributed by atoms with Crippen molar-refractivity contribution in [2.75, 3.05) is 4.31 Å². The molecule has 0 aromatic heterocycles. The zero-order valence-electron chi connectivity index (χ0n) is 20.7. The molecule has 0 bridgehead atoms. The third kappa shape index (κ3) is 6.42. The molecule has 1 N–H and O–H groups in total. The van der Waals surface area contributed by atoms with Crippen LogP contribution in [0, 0.1) is 6.92 Å². The Morgan fingerprint density at radius 1 is 0.842 bits per heavy atom. The Kier molecular flexibility index (Phi) is 8.52. The number of hydrogen-bond donors (Lipinski definition) is 1. The Balaban J connectivity index is 1.57. The standard InChI is InChI=1S/C29H25Cl2N3O3S/c1-20-8-15-26(31)18-28(20)34(38(36,37)27-6-4-3-5-7-27)19-22-9-11-24(12-10-22)29(35)33-32-21(2)23-13-16-25(30)17-14-23/h3-18H,19H2,1-2H3,(H,33,35)/b32-21-. The van der Waals surface area contributed by atoms with E-state index in [1.807, 2.05) is 19.1 Å².